The maximum absolute atomic E-state index is 8.75. The Morgan fingerprint density at radius 1 is 1.44 bits per heavy atom. The van der Waals surface area contributed by atoms with Gasteiger partial charge < -0.3 is 15.6 Å². The topological polar surface area (TPSA) is 68.4 Å². The van der Waals surface area contributed by atoms with E-state index in [0.717, 1.165) is 15.4 Å². The van der Waals surface area contributed by atoms with E-state index in [9.17, 15) is 0 Å². The van der Waals surface area contributed by atoms with E-state index in [1.165, 1.54) is 0 Å². The van der Waals surface area contributed by atoms with E-state index in [1.54, 1.807) is 6.20 Å². The lowest BCUT2D eigenvalue weighted by atomic mass is 10.2. The van der Waals surface area contributed by atoms with Crippen molar-refractivity contribution in [2.45, 2.75) is 0 Å². The van der Waals surface area contributed by atoms with Crippen molar-refractivity contribution in [1.29, 1.82) is 0 Å². The van der Waals surface area contributed by atoms with E-state index in [-0.39, 0.29) is 13.2 Å². The third-order valence-electron chi connectivity index (χ3n) is 2.15. The summed E-state index contributed by atoms with van der Waals surface area (Å²) >= 11 is 3.39. The lowest BCUT2D eigenvalue weighted by molar-refractivity contribution is 0.203. The van der Waals surface area contributed by atoms with Crippen molar-refractivity contribution in [3.8, 4) is 5.75 Å². The van der Waals surface area contributed by atoms with Crippen LogP contribution in [0.1, 0.15) is 0 Å². The molecular formula is C11H11BrN2O2. The number of nitrogens with zero attached hydrogens (tertiary/aromatic N) is 1. The van der Waals surface area contributed by atoms with E-state index in [2.05, 4.69) is 20.9 Å². The second-order valence-corrected chi connectivity index (χ2v) is 4.19. The molecular weight excluding hydrogens is 272 g/mol. The SMILES string of the molecule is Nc1cnc2ccc(Br)cc2c1OCCO. The number of hydrogen-bond donors (Lipinski definition) is 2. The largest absolute Gasteiger partial charge is 0.488 e. The van der Waals surface area contributed by atoms with Gasteiger partial charge in [0.1, 0.15) is 6.61 Å². The van der Waals surface area contributed by atoms with Gasteiger partial charge in [-0.05, 0) is 18.2 Å². The minimum absolute atomic E-state index is 0.0444. The molecule has 0 aliphatic carbocycles. The summed E-state index contributed by atoms with van der Waals surface area (Å²) in [6.45, 7) is 0.174. The van der Waals surface area contributed by atoms with E-state index in [0.29, 0.717) is 11.4 Å². The number of aromatic nitrogens is 1. The third kappa shape index (κ3) is 2.10. The van der Waals surface area contributed by atoms with Crippen LogP contribution in [0, 0.1) is 0 Å². The summed E-state index contributed by atoms with van der Waals surface area (Å²) < 4.78 is 6.35. The molecule has 0 saturated heterocycles. The van der Waals surface area contributed by atoms with Gasteiger partial charge in [0, 0.05) is 9.86 Å². The first-order valence-electron chi connectivity index (χ1n) is 4.80. The Hall–Kier alpha value is -1.33. The molecule has 2 aromatic rings. The van der Waals surface area contributed by atoms with E-state index in [4.69, 9.17) is 15.6 Å². The normalized spacial score (nSPS) is 10.6. The molecule has 0 spiro atoms. The van der Waals surface area contributed by atoms with Gasteiger partial charge in [0.15, 0.2) is 5.75 Å². The van der Waals surface area contributed by atoms with Crippen molar-refractivity contribution < 1.29 is 9.84 Å². The maximum atomic E-state index is 8.75. The number of aliphatic hydroxyl groups excluding tert-OH is 1. The number of rotatable bonds is 3. The van der Waals surface area contributed by atoms with Gasteiger partial charge >= 0.3 is 0 Å². The standard InChI is InChI=1S/C11H11BrN2O2/c12-7-1-2-10-8(5-7)11(16-4-3-15)9(13)6-14-10/h1-2,5-6,15H,3-4,13H2. The fraction of sp³-hybridized carbons (Fsp3) is 0.182. The van der Waals surface area contributed by atoms with Crippen molar-refractivity contribution in [3.63, 3.8) is 0 Å². The molecule has 3 N–H and O–H groups in total. The lowest BCUT2D eigenvalue weighted by Gasteiger charge is -2.10. The van der Waals surface area contributed by atoms with Crippen LogP contribution in [-0.4, -0.2) is 23.3 Å². The summed E-state index contributed by atoms with van der Waals surface area (Å²) in [6, 6.07) is 5.68. The molecule has 0 radical (unpaired) electrons. The molecule has 16 heavy (non-hydrogen) atoms. The van der Waals surface area contributed by atoms with Crippen LogP contribution in [0.25, 0.3) is 10.9 Å². The zero-order valence-corrected chi connectivity index (χ0v) is 10.1. The second-order valence-electron chi connectivity index (χ2n) is 3.28. The predicted octanol–water partition coefficient (Wildman–Crippen LogP) is 1.95. The highest BCUT2D eigenvalue weighted by Gasteiger charge is 2.08. The Bertz CT molecular complexity index is 511. The first-order valence-corrected chi connectivity index (χ1v) is 5.59. The van der Waals surface area contributed by atoms with E-state index < -0.39 is 0 Å². The molecule has 0 aliphatic heterocycles. The van der Waals surface area contributed by atoms with Crippen LogP contribution in [0.15, 0.2) is 28.9 Å². The number of anilines is 1. The number of aliphatic hydroxyl groups is 1. The molecule has 5 heteroatoms. The summed E-state index contributed by atoms with van der Waals surface area (Å²) in [5.74, 6) is 0.570. The van der Waals surface area contributed by atoms with Gasteiger partial charge in [0.2, 0.25) is 0 Å². The Labute approximate surface area is 101 Å². The minimum Gasteiger partial charge on any atom is -0.488 e. The van der Waals surface area contributed by atoms with Gasteiger partial charge in [-0.2, -0.15) is 0 Å². The number of hydrogen-bond acceptors (Lipinski definition) is 4. The van der Waals surface area contributed by atoms with Crippen molar-refractivity contribution >= 4 is 32.5 Å². The van der Waals surface area contributed by atoms with Crippen molar-refractivity contribution in [2.75, 3.05) is 18.9 Å². The fourth-order valence-electron chi connectivity index (χ4n) is 1.46. The minimum atomic E-state index is -0.0444. The zero-order chi connectivity index (χ0) is 11.5. The molecule has 0 saturated carbocycles. The number of nitrogen functional groups attached to an aromatic ring is 1. The van der Waals surface area contributed by atoms with Crippen LogP contribution < -0.4 is 10.5 Å². The molecule has 0 aliphatic rings. The Morgan fingerprint density at radius 3 is 3.00 bits per heavy atom. The van der Waals surface area contributed by atoms with E-state index >= 15 is 0 Å². The molecule has 2 rings (SSSR count). The third-order valence-corrected chi connectivity index (χ3v) is 2.64. The Morgan fingerprint density at radius 2 is 2.25 bits per heavy atom. The molecule has 0 atom stereocenters. The van der Waals surface area contributed by atoms with Crippen molar-refractivity contribution in [3.05, 3.63) is 28.9 Å². The average molecular weight is 283 g/mol. The van der Waals surface area contributed by atoms with Crippen LogP contribution in [0.5, 0.6) is 5.75 Å². The number of halogens is 1. The van der Waals surface area contributed by atoms with Crippen LogP contribution in [-0.2, 0) is 0 Å². The molecule has 84 valence electrons. The molecule has 0 unspecified atom stereocenters. The molecule has 0 fully saturated rings. The molecule has 1 aromatic heterocycles. The fourth-order valence-corrected chi connectivity index (χ4v) is 1.83. The quantitative estimate of drug-likeness (QED) is 0.903. The van der Waals surface area contributed by atoms with Crippen LogP contribution >= 0.6 is 15.9 Å². The molecule has 4 nitrogen and oxygen atoms in total. The van der Waals surface area contributed by atoms with Gasteiger partial charge in [0.25, 0.3) is 0 Å². The Balaban J connectivity index is 2.58. The number of benzene rings is 1. The second kappa shape index (κ2) is 4.67. The molecule has 1 aromatic carbocycles. The first kappa shape index (κ1) is 11.2. The monoisotopic (exact) mass is 282 g/mol. The Kier molecular flexibility index (Phi) is 3.26. The smallest absolute Gasteiger partial charge is 0.153 e. The van der Waals surface area contributed by atoms with E-state index in [1.807, 2.05) is 18.2 Å². The number of pyridine rings is 1. The summed E-state index contributed by atoms with van der Waals surface area (Å²) in [7, 11) is 0. The number of nitrogens with two attached hydrogens (primary N) is 1. The highest BCUT2D eigenvalue weighted by atomic mass is 79.9. The van der Waals surface area contributed by atoms with Crippen molar-refractivity contribution in [2.24, 2.45) is 0 Å². The summed E-state index contributed by atoms with van der Waals surface area (Å²) in [5, 5.41) is 9.59. The van der Waals surface area contributed by atoms with Crippen LogP contribution in [0.4, 0.5) is 5.69 Å². The summed E-state index contributed by atoms with van der Waals surface area (Å²) in [5.41, 5.74) is 7.07. The lowest BCUT2D eigenvalue weighted by Crippen LogP contribution is -2.04. The predicted molar refractivity (Wildman–Crippen MR) is 66.4 cm³/mol. The van der Waals surface area contributed by atoms with Gasteiger partial charge in [-0.1, -0.05) is 15.9 Å². The molecule has 0 bridgehead atoms. The average Bonchev–Trinajstić information content (AvgIpc) is 2.28. The van der Waals surface area contributed by atoms with Crippen LogP contribution in [0.3, 0.4) is 0 Å². The van der Waals surface area contributed by atoms with Gasteiger partial charge in [-0.25, -0.2) is 0 Å². The zero-order valence-electron chi connectivity index (χ0n) is 8.48. The summed E-state index contributed by atoms with van der Waals surface area (Å²) in [4.78, 5) is 4.20. The van der Waals surface area contributed by atoms with Gasteiger partial charge in [-0.3, -0.25) is 4.98 Å². The molecule has 1 heterocycles. The highest BCUT2D eigenvalue weighted by Crippen LogP contribution is 2.31. The molecule has 0 amide bonds. The number of ether oxygens (including phenoxy) is 1. The maximum Gasteiger partial charge on any atom is 0.153 e. The summed E-state index contributed by atoms with van der Waals surface area (Å²) in [6.07, 6.45) is 1.56. The highest BCUT2D eigenvalue weighted by molar-refractivity contribution is 9.10. The van der Waals surface area contributed by atoms with Gasteiger partial charge in [-0.15, -0.1) is 0 Å². The number of fused-ring (bicyclic) bond motifs is 1. The van der Waals surface area contributed by atoms with Crippen molar-refractivity contribution in [1.82, 2.24) is 4.98 Å². The first-order chi connectivity index (χ1) is 7.72. The van der Waals surface area contributed by atoms with Gasteiger partial charge in [0.05, 0.1) is 24.0 Å². The van der Waals surface area contributed by atoms with Crippen LogP contribution in [0.2, 0.25) is 0 Å².